The van der Waals surface area contributed by atoms with Gasteiger partial charge in [-0.25, -0.2) is 9.78 Å². The minimum Gasteiger partial charge on any atom is -0.478 e. The summed E-state index contributed by atoms with van der Waals surface area (Å²) in [6.45, 7) is 0.330. The molecular weight excluding hydrogens is 285 g/mol. The number of halogens is 1. The summed E-state index contributed by atoms with van der Waals surface area (Å²) >= 11 is 1.97. The summed E-state index contributed by atoms with van der Waals surface area (Å²) in [6, 6.07) is 3.02. The van der Waals surface area contributed by atoms with Gasteiger partial charge in [0.05, 0.1) is 17.9 Å². The minimum absolute atomic E-state index is 0.242. The lowest BCUT2D eigenvalue weighted by Crippen LogP contribution is -2.02. The lowest BCUT2D eigenvalue weighted by molar-refractivity contribution is 0.0696. The van der Waals surface area contributed by atoms with E-state index < -0.39 is 5.97 Å². The van der Waals surface area contributed by atoms with Crippen LogP contribution < -0.4 is 0 Å². The summed E-state index contributed by atoms with van der Waals surface area (Å²) in [6.07, 6.45) is 0. The number of rotatable bonds is 3. The van der Waals surface area contributed by atoms with Gasteiger partial charge in [-0.3, -0.25) is 0 Å². The molecule has 0 aliphatic rings. The van der Waals surface area contributed by atoms with E-state index in [1.165, 1.54) is 12.1 Å². The second kappa shape index (κ2) is 4.52. The quantitative estimate of drug-likeness (QED) is 0.678. The number of pyridine rings is 1. The summed E-state index contributed by atoms with van der Waals surface area (Å²) in [4.78, 5) is 14.7. The van der Waals surface area contributed by atoms with Crippen LogP contribution in [0.1, 0.15) is 16.1 Å². The Morgan fingerprint density at radius 2 is 2.38 bits per heavy atom. The molecule has 0 amide bonds. The van der Waals surface area contributed by atoms with Crippen molar-refractivity contribution >= 4 is 28.6 Å². The van der Waals surface area contributed by atoms with Gasteiger partial charge in [-0.2, -0.15) is 0 Å². The van der Waals surface area contributed by atoms with E-state index in [0.717, 1.165) is 0 Å². The highest BCUT2D eigenvalue weighted by Crippen LogP contribution is 2.09. The zero-order chi connectivity index (χ0) is 9.84. The normalized spacial score (nSPS) is 10.0. The van der Waals surface area contributed by atoms with Crippen LogP contribution in [-0.4, -0.2) is 23.2 Å². The van der Waals surface area contributed by atoms with E-state index >= 15 is 0 Å². The number of hydrogen-bond acceptors (Lipinski definition) is 3. The Kier molecular flexibility index (Phi) is 3.61. The molecule has 5 heteroatoms. The zero-order valence-electron chi connectivity index (χ0n) is 6.95. The third-order valence-corrected chi connectivity index (χ3v) is 1.94. The first kappa shape index (κ1) is 10.4. The van der Waals surface area contributed by atoms with Gasteiger partial charge < -0.3 is 9.84 Å². The Morgan fingerprint density at radius 3 is 2.92 bits per heavy atom. The highest BCUT2D eigenvalue weighted by Gasteiger charge is 2.06. The van der Waals surface area contributed by atoms with Gasteiger partial charge in [-0.05, 0) is 34.7 Å². The van der Waals surface area contributed by atoms with E-state index in [-0.39, 0.29) is 5.56 Å². The van der Waals surface area contributed by atoms with Crippen molar-refractivity contribution in [1.29, 1.82) is 0 Å². The maximum atomic E-state index is 10.6. The van der Waals surface area contributed by atoms with Gasteiger partial charge in [0.15, 0.2) is 0 Å². The van der Waals surface area contributed by atoms with Gasteiger partial charge in [-0.15, -0.1) is 0 Å². The average molecular weight is 293 g/mol. The highest BCUT2D eigenvalue weighted by molar-refractivity contribution is 14.1. The average Bonchev–Trinajstić information content (AvgIpc) is 2.03. The standard InChI is InChI=1S/C8H8INO3/c1-13-4-6-2-5(8(11)12)3-7(9)10-6/h2-3H,4H2,1H3,(H,11,12). The molecule has 1 heterocycles. The van der Waals surface area contributed by atoms with Crippen molar-refractivity contribution in [3.05, 3.63) is 27.1 Å². The van der Waals surface area contributed by atoms with Gasteiger partial charge in [0.2, 0.25) is 0 Å². The Hall–Kier alpha value is -0.690. The van der Waals surface area contributed by atoms with Crippen molar-refractivity contribution in [2.45, 2.75) is 6.61 Å². The molecule has 1 N–H and O–H groups in total. The lowest BCUT2D eigenvalue weighted by atomic mass is 10.2. The Balaban J connectivity index is 3.03. The topological polar surface area (TPSA) is 59.4 Å². The van der Waals surface area contributed by atoms with Gasteiger partial charge in [-0.1, -0.05) is 0 Å². The van der Waals surface area contributed by atoms with Crippen molar-refractivity contribution in [3.8, 4) is 0 Å². The maximum absolute atomic E-state index is 10.6. The van der Waals surface area contributed by atoms with Crippen molar-refractivity contribution in [2.24, 2.45) is 0 Å². The van der Waals surface area contributed by atoms with Crippen molar-refractivity contribution in [3.63, 3.8) is 0 Å². The van der Waals surface area contributed by atoms with Crippen LogP contribution in [0.5, 0.6) is 0 Å². The van der Waals surface area contributed by atoms with Crippen molar-refractivity contribution < 1.29 is 14.6 Å². The van der Waals surface area contributed by atoms with Crippen LogP contribution >= 0.6 is 22.6 Å². The maximum Gasteiger partial charge on any atom is 0.335 e. The van der Waals surface area contributed by atoms with Gasteiger partial charge in [0, 0.05) is 7.11 Å². The molecule has 1 aromatic rings. The number of carboxylic acid groups (broad SMARTS) is 1. The molecule has 0 bridgehead atoms. The van der Waals surface area contributed by atoms with E-state index in [2.05, 4.69) is 4.98 Å². The molecule has 4 nitrogen and oxygen atoms in total. The summed E-state index contributed by atoms with van der Waals surface area (Å²) in [5.41, 5.74) is 0.873. The molecule has 0 saturated carbocycles. The molecule has 0 radical (unpaired) electrons. The molecule has 0 saturated heterocycles. The van der Waals surface area contributed by atoms with E-state index in [4.69, 9.17) is 9.84 Å². The van der Waals surface area contributed by atoms with Crippen LogP contribution in [0.2, 0.25) is 0 Å². The van der Waals surface area contributed by atoms with Gasteiger partial charge in [0.1, 0.15) is 3.70 Å². The molecule has 70 valence electrons. The monoisotopic (exact) mass is 293 g/mol. The van der Waals surface area contributed by atoms with E-state index in [9.17, 15) is 4.79 Å². The van der Waals surface area contributed by atoms with Gasteiger partial charge in [0.25, 0.3) is 0 Å². The number of carbonyl (C=O) groups is 1. The van der Waals surface area contributed by atoms with E-state index in [0.29, 0.717) is 16.0 Å². The first-order valence-corrected chi connectivity index (χ1v) is 4.60. The van der Waals surface area contributed by atoms with E-state index in [1.54, 1.807) is 7.11 Å². The SMILES string of the molecule is COCc1cc(C(=O)O)cc(I)n1. The number of ether oxygens (including phenoxy) is 1. The number of carboxylic acids is 1. The third kappa shape index (κ3) is 2.92. The molecule has 0 spiro atoms. The summed E-state index contributed by atoms with van der Waals surface area (Å²) < 4.78 is 5.52. The molecule has 0 unspecified atom stereocenters. The van der Waals surface area contributed by atoms with Gasteiger partial charge >= 0.3 is 5.97 Å². The van der Waals surface area contributed by atoms with Crippen LogP contribution in [0, 0.1) is 3.70 Å². The Morgan fingerprint density at radius 1 is 1.69 bits per heavy atom. The number of aromatic carboxylic acids is 1. The summed E-state index contributed by atoms with van der Waals surface area (Å²) in [7, 11) is 1.54. The molecule has 0 aromatic carbocycles. The predicted octanol–water partition coefficient (Wildman–Crippen LogP) is 1.53. The Labute approximate surface area is 89.1 Å². The molecule has 0 atom stereocenters. The second-order valence-electron chi connectivity index (χ2n) is 2.41. The molecule has 0 aliphatic heterocycles. The van der Waals surface area contributed by atoms with Crippen molar-refractivity contribution in [1.82, 2.24) is 4.98 Å². The fourth-order valence-corrected chi connectivity index (χ4v) is 1.54. The van der Waals surface area contributed by atoms with Crippen LogP contribution in [0.25, 0.3) is 0 Å². The van der Waals surface area contributed by atoms with E-state index in [1.807, 2.05) is 22.6 Å². The number of hydrogen-bond donors (Lipinski definition) is 1. The molecule has 0 aliphatic carbocycles. The number of nitrogens with zero attached hydrogens (tertiary/aromatic N) is 1. The smallest absolute Gasteiger partial charge is 0.335 e. The first-order chi connectivity index (χ1) is 6.13. The fraction of sp³-hybridized carbons (Fsp3) is 0.250. The molecule has 13 heavy (non-hydrogen) atoms. The van der Waals surface area contributed by atoms with Crippen LogP contribution in [0.3, 0.4) is 0 Å². The summed E-state index contributed by atoms with van der Waals surface area (Å²) in [5.74, 6) is -0.947. The predicted molar refractivity (Wildman–Crippen MR) is 54.6 cm³/mol. The van der Waals surface area contributed by atoms with Crippen LogP contribution in [-0.2, 0) is 11.3 Å². The summed E-state index contributed by atoms with van der Waals surface area (Å²) in [5, 5.41) is 8.73. The molecular formula is C8H8INO3. The number of methoxy groups -OCH3 is 1. The van der Waals surface area contributed by atoms with Crippen LogP contribution in [0.4, 0.5) is 0 Å². The second-order valence-corrected chi connectivity index (χ2v) is 3.51. The lowest BCUT2D eigenvalue weighted by Gasteiger charge is -2.01. The molecule has 1 aromatic heterocycles. The zero-order valence-corrected chi connectivity index (χ0v) is 9.11. The minimum atomic E-state index is -0.947. The Bertz CT molecular complexity index is 327. The molecule has 0 fully saturated rings. The number of aromatic nitrogens is 1. The molecule has 1 rings (SSSR count). The first-order valence-electron chi connectivity index (χ1n) is 3.52. The third-order valence-electron chi connectivity index (χ3n) is 1.39. The largest absolute Gasteiger partial charge is 0.478 e. The van der Waals surface area contributed by atoms with Crippen LogP contribution in [0.15, 0.2) is 12.1 Å². The van der Waals surface area contributed by atoms with Crippen molar-refractivity contribution in [2.75, 3.05) is 7.11 Å². The highest BCUT2D eigenvalue weighted by atomic mass is 127. The fourth-order valence-electron chi connectivity index (χ4n) is 0.897.